The molecule has 0 aromatic carbocycles. The molecular weight excluding hydrogens is 304 g/mol. The monoisotopic (exact) mass is 324 g/mol. The van der Waals surface area contributed by atoms with Crippen LogP contribution in [0.4, 0.5) is 0 Å². The first-order valence-corrected chi connectivity index (χ1v) is 7.93. The molecule has 2 bridgehead atoms. The average Bonchev–Trinajstić information content (AvgIpc) is 2.64. The van der Waals surface area contributed by atoms with Gasteiger partial charge in [0.15, 0.2) is 0 Å². The van der Waals surface area contributed by atoms with Gasteiger partial charge in [0, 0.05) is 34.9 Å². The third kappa shape index (κ3) is 2.86. The van der Waals surface area contributed by atoms with E-state index in [1.54, 1.807) is 6.20 Å². The second kappa shape index (κ2) is 5.51. The van der Waals surface area contributed by atoms with E-state index in [0.29, 0.717) is 24.4 Å². The molecule has 104 valence electrons. The molecule has 2 aliphatic rings. The molecule has 0 spiro atoms. The van der Waals surface area contributed by atoms with Crippen LogP contribution in [0.1, 0.15) is 31.4 Å². The maximum atomic E-state index is 10.5. The van der Waals surface area contributed by atoms with E-state index < -0.39 is 0 Å². The second-order valence-electron chi connectivity index (χ2n) is 6.02. The van der Waals surface area contributed by atoms with Gasteiger partial charge in [0.1, 0.15) is 0 Å². The summed E-state index contributed by atoms with van der Waals surface area (Å²) < 4.78 is 0.989. The molecule has 3 heterocycles. The van der Waals surface area contributed by atoms with Gasteiger partial charge in [-0.2, -0.15) is 0 Å². The summed E-state index contributed by atoms with van der Waals surface area (Å²) in [6.45, 7) is 0. The topological polar surface area (TPSA) is 36.4 Å². The summed E-state index contributed by atoms with van der Waals surface area (Å²) in [6.07, 6.45) is 7.14. The summed E-state index contributed by atoms with van der Waals surface area (Å²) in [5, 5.41) is 10.5. The van der Waals surface area contributed by atoms with E-state index in [0.717, 1.165) is 23.0 Å². The number of aliphatic hydroxyl groups is 1. The van der Waals surface area contributed by atoms with Crippen LogP contribution in [-0.4, -0.2) is 40.2 Å². The number of hydrogen-bond acceptors (Lipinski definition) is 3. The smallest absolute Gasteiger partial charge is 0.0624 e. The van der Waals surface area contributed by atoms with Gasteiger partial charge in [-0.1, -0.05) is 0 Å². The third-order valence-electron chi connectivity index (χ3n) is 4.89. The van der Waals surface area contributed by atoms with Crippen LogP contribution in [0.15, 0.2) is 22.8 Å². The van der Waals surface area contributed by atoms with Gasteiger partial charge < -0.3 is 10.0 Å². The van der Waals surface area contributed by atoms with Crippen LogP contribution >= 0.6 is 15.9 Å². The number of hydrogen-bond donors (Lipinski definition) is 1. The highest BCUT2D eigenvalue weighted by Crippen LogP contribution is 2.39. The van der Waals surface area contributed by atoms with Gasteiger partial charge in [-0.05, 0) is 66.7 Å². The molecule has 2 saturated heterocycles. The Morgan fingerprint density at radius 2 is 2.05 bits per heavy atom. The van der Waals surface area contributed by atoms with Crippen LogP contribution in [0.5, 0.6) is 0 Å². The molecule has 0 aliphatic carbocycles. The number of piperidine rings is 1. The minimum absolute atomic E-state index is 0.245. The zero-order valence-electron chi connectivity index (χ0n) is 11.3. The first-order valence-electron chi connectivity index (χ1n) is 7.14. The van der Waals surface area contributed by atoms with Crippen LogP contribution in [0.25, 0.3) is 0 Å². The van der Waals surface area contributed by atoms with E-state index in [2.05, 4.69) is 32.9 Å². The summed E-state index contributed by atoms with van der Waals surface area (Å²) in [5.74, 6) is 0.444. The molecular formula is C15H21BrN2O. The van der Waals surface area contributed by atoms with Crippen LogP contribution in [0.3, 0.4) is 0 Å². The number of pyridine rings is 1. The lowest BCUT2D eigenvalue weighted by Crippen LogP contribution is -2.43. The van der Waals surface area contributed by atoms with Crippen LogP contribution in [-0.2, 0) is 6.42 Å². The zero-order chi connectivity index (χ0) is 13.4. The lowest BCUT2D eigenvalue weighted by atomic mass is 9.85. The maximum absolute atomic E-state index is 10.5. The Balaban J connectivity index is 1.62. The largest absolute Gasteiger partial charge is 0.392 e. The SMILES string of the molecule is CN1C2CCC1CC(C(O)Cc1ccc(Br)cn1)C2. The highest BCUT2D eigenvalue weighted by molar-refractivity contribution is 9.10. The van der Waals surface area contributed by atoms with Crippen molar-refractivity contribution >= 4 is 15.9 Å². The van der Waals surface area contributed by atoms with Gasteiger partial charge in [0.25, 0.3) is 0 Å². The van der Waals surface area contributed by atoms with Crippen LogP contribution in [0, 0.1) is 5.92 Å². The fraction of sp³-hybridized carbons (Fsp3) is 0.667. The Hall–Kier alpha value is -0.450. The first-order chi connectivity index (χ1) is 9.13. The molecule has 2 fully saturated rings. The minimum Gasteiger partial charge on any atom is -0.392 e. The van der Waals surface area contributed by atoms with Gasteiger partial charge in [-0.15, -0.1) is 0 Å². The number of fused-ring (bicyclic) bond motifs is 2. The van der Waals surface area contributed by atoms with E-state index in [4.69, 9.17) is 0 Å². The van der Waals surface area contributed by atoms with Crippen molar-refractivity contribution in [1.82, 2.24) is 9.88 Å². The van der Waals surface area contributed by atoms with Crippen molar-refractivity contribution in [2.75, 3.05) is 7.05 Å². The third-order valence-corrected chi connectivity index (χ3v) is 5.35. The summed E-state index contributed by atoms with van der Waals surface area (Å²) in [7, 11) is 2.24. The summed E-state index contributed by atoms with van der Waals surface area (Å²) in [6, 6.07) is 5.37. The Kier molecular flexibility index (Phi) is 3.92. The van der Waals surface area contributed by atoms with Crippen molar-refractivity contribution in [3.63, 3.8) is 0 Å². The molecule has 2 aliphatic heterocycles. The highest BCUT2D eigenvalue weighted by Gasteiger charge is 2.40. The van der Waals surface area contributed by atoms with E-state index in [-0.39, 0.29) is 6.10 Å². The average molecular weight is 325 g/mol. The predicted molar refractivity (Wildman–Crippen MR) is 78.9 cm³/mol. The summed E-state index contributed by atoms with van der Waals surface area (Å²) in [5.41, 5.74) is 0.988. The standard InChI is InChI=1S/C15H21BrN2O/c1-18-13-4-5-14(18)7-10(6-13)15(19)8-12-3-2-11(16)9-17-12/h2-3,9-10,13-15,19H,4-8H2,1H3. The van der Waals surface area contributed by atoms with Crippen molar-refractivity contribution in [3.8, 4) is 0 Å². The van der Waals surface area contributed by atoms with Gasteiger partial charge in [-0.25, -0.2) is 0 Å². The molecule has 3 rings (SSSR count). The van der Waals surface area contributed by atoms with E-state index in [1.807, 2.05) is 12.1 Å². The summed E-state index contributed by atoms with van der Waals surface area (Å²) in [4.78, 5) is 6.88. The fourth-order valence-corrected chi connectivity index (χ4v) is 3.91. The summed E-state index contributed by atoms with van der Waals surface area (Å²) >= 11 is 3.39. The lowest BCUT2D eigenvalue weighted by Gasteiger charge is -2.38. The van der Waals surface area contributed by atoms with Crippen molar-refractivity contribution in [1.29, 1.82) is 0 Å². The number of halogens is 1. The first kappa shape index (κ1) is 13.5. The highest BCUT2D eigenvalue weighted by atomic mass is 79.9. The molecule has 1 aromatic heterocycles. The zero-order valence-corrected chi connectivity index (χ0v) is 12.9. The molecule has 19 heavy (non-hydrogen) atoms. The molecule has 0 radical (unpaired) electrons. The Morgan fingerprint density at radius 3 is 2.63 bits per heavy atom. The van der Waals surface area contributed by atoms with E-state index in [9.17, 15) is 5.11 Å². The van der Waals surface area contributed by atoms with Gasteiger partial charge >= 0.3 is 0 Å². The second-order valence-corrected chi connectivity index (χ2v) is 6.94. The molecule has 4 heteroatoms. The van der Waals surface area contributed by atoms with Crippen molar-refractivity contribution < 1.29 is 5.11 Å². The normalized spacial score (nSPS) is 32.5. The lowest BCUT2D eigenvalue weighted by molar-refractivity contribution is 0.0363. The van der Waals surface area contributed by atoms with Crippen LogP contribution < -0.4 is 0 Å². The predicted octanol–water partition coefficient (Wildman–Crippen LogP) is 2.62. The van der Waals surface area contributed by atoms with Crippen LogP contribution in [0.2, 0.25) is 0 Å². The number of rotatable bonds is 3. The Morgan fingerprint density at radius 1 is 1.37 bits per heavy atom. The molecule has 1 aromatic rings. The van der Waals surface area contributed by atoms with E-state index >= 15 is 0 Å². The number of aliphatic hydroxyl groups excluding tert-OH is 1. The Labute approximate surface area is 123 Å². The Bertz CT molecular complexity index is 422. The number of aromatic nitrogens is 1. The molecule has 0 amide bonds. The fourth-order valence-electron chi connectivity index (χ4n) is 3.68. The quantitative estimate of drug-likeness (QED) is 0.928. The van der Waals surface area contributed by atoms with Crippen molar-refractivity contribution in [2.45, 2.75) is 50.3 Å². The molecule has 3 nitrogen and oxygen atoms in total. The van der Waals surface area contributed by atoms with E-state index in [1.165, 1.54) is 12.8 Å². The van der Waals surface area contributed by atoms with Gasteiger partial charge in [0.2, 0.25) is 0 Å². The van der Waals surface area contributed by atoms with Gasteiger partial charge in [0.05, 0.1) is 6.10 Å². The number of nitrogens with zero attached hydrogens (tertiary/aromatic N) is 2. The maximum Gasteiger partial charge on any atom is 0.0624 e. The van der Waals surface area contributed by atoms with Gasteiger partial charge in [-0.3, -0.25) is 4.98 Å². The molecule has 1 N–H and O–H groups in total. The van der Waals surface area contributed by atoms with Crippen molar-refractivity contribution in [2.24, 2.45) is 5.92 Å². The van der Waals surface area contributed by atoms with Crippen molar-refractivity contribution in [3.05, 3.63) is 28.5 Å². The molecule has 3 atom stereocenters. The minimum atomic E-state index is -0.245. The molecule has 3 unspecified atom stereocenters. The molecule has 0 saturated carbocycles.